The minimum atomic E-state index is -0.620. The Kier molecular flexibility index (Phi) is 4.27. The van der Waals surface area contributed by atoms with E-state index in [1.165, 1.54) is 0 Å². The van der Waals surface area contributed by atoms with E-state index in [0.717, 1.165) is 18.5 Å². The van der Waals surface area contributed by atoms with Crippen LogP contribution in [0, 0.1) is 0 Å². The lowest BCUT2D eigenvalue weighted by Crippen LogP contribution is -2.54. The molecule has 126 valence electrons. The van der Waals surface area contributed by atoms with Crippen molar-refractivity contribution in [1.82, 2.24) is 14.7 Å². The van der Waals surface area contributed by atoms with E-state index in [2.05, 4.69) is 18.9 Å². The summed E-state index contributed by atoms with van der Waals surface area (Å²) >= 11 is 0. The Bertz CT molecular complexity index is 615. The quantitative estimate of drug-likeness (QED) is 0.854. The molecule has 2 saturated heterocycles. The third-order valence-electron chi connectivity index (χ3n) is 4.93. The molecule has 2 fully saturated rings. The van der Waals surface area contributed by atoms with Crippen molar-refractivity contribution in [1.29, 1.82) is 0 Å². The number of Topliss-reactive ketones (excluding diaryl/α,β-unsaturated/α-hetero) is 1. The van der Waals surface area contributed by atoms with Crippen LogP contribution in [0.4, 0.5) is 0 Å². The predicted molar refractivity (Wildman–Crippen MR) is 85.4 cm³/mol. The van der Waals surface area contributed by atoms with Crippen LogP contribution in [0.15, 0.2) is 6.07 Å². The highest BCUT2D eigenvalue weighted by Gasteiger charge is 2.46. The lowest BCUT2D eigenvalue weighted by Gasteiger charge is -2.37. The number of carbonyl (C=O) groups is 2. The Balaban J connectivity index is 1.78. The molecule has 2 aliphatic heterocycles. The van der Waals surface area contributed by atoms with Crippen molar-refractivity contribution in [3.63, 3.8) is 0 Å². The molecule has 1 atom stereocenters. The van der Waals surface area contributed by atoms with Crippen LogP contribution < -0.4 is 0 Å². The van der Waals surface area contributed by atoms with Crippen LogP contribution in [0.5, 0.6) is 0 Å². The summed E-state index contributed by atoms with van der Waals surface area (Å²) in [4.78, 5) is 27.0. The van der Waals surface area contributed by atoms with Gasteiger partial charge in [0.05, 0.1) is 12.2 Å². The van der Waals surface area contributed by atoms with Gasteiger partial charge in [-0.15, -0.1) is 0 Å². The zero-order chi connectivity index (χ0) is 16.6. The molecule has 0 aliphatic carbocycles. The number of carbonyl (C=O) groups excluding carboxylic acids is 2. The molecule has 1 aromatic heterocycles. The van der Waals surface area contributed by atoms with E-state index in [1.807, 2.05) is 13.0 Å². The molecule has 23 heavy (non-hydrogen) atoms. The van der Waals surface area contributed by atoms with Crippen molar-refractivity contribution in [2.24, 2.45) is 0 Å². The Morgan fingerprint density at radius 1 is 1.43 bits per heavy atom. The number of piperidine rings is 1. The highest BCUT2D eigenvalue weighted by molar-refractivity contribution is 5.98. The third-order valence-corrected chi connectivity index (χ3v) is 4.93. The average Bonchev–Trinajstić information content (AvgIpc) is 3.17. The number of ketones is 1. The molecule has 0 saturated carbocycles. The van der Waals surface area contributed by atoms with Gasteiger partial charge in [-0.1, -0.05) is 13.8 Å². The van der Waals surface area contributed by atoms with E-state index in [4.69, 9.17) is 4.74 Å². The molecule has 6 nitrogen and oxygen atoms in total. The lowest BCUT2D eigenvalue weighted by molar-refractivity contribution is -0.144. The van der Waals surface area contributed by atoms with Crippen LogP contribution in [0.25, 0.3) is 0 Å². The summed E-state index contributed by atoms with van der Waals surface area (Å²) < 4.78 is 7.44. The molecule has 0 radical (unpaired) electrons. The number of amides is 1. The van der Waals surface area contributed by atoms with Crippen LogP contribution in [0.1, 0.15) is 62.1 Å². The Hall–Kier alpha value is -1.69. The minimum Gasteiger partial charge on any atom is -0.367 e. The molecule has 6 heteroatoms. The second-order valence-electron chi connectivity index (χ2n) is 6.77. The largest absolute Gasteiger partial charge is 0.367 e. The summed E-state index contributed by atoms with van der Waals surface area (Å²) in [6.45, 7) is 8.09. The van der Waals surface area contributed by atoms with E-state index >= 15 is 0 Å². The van der Waals surface area contributed by atoms with Crippen molar-refractivity contribution < 1.29 is 14.3 Å². The van der Waals surface area contributed by atoms with Gasteiger partial charge < -0.3 is 9.64 Å². The maximum absolute atomic E-state index is 12.8. The normalized spacial score (nSPS) is 24.9. The average molecular weight is 319 g/mol. The molecular formula is C17H25N3O3. The van der Waals surface area contributed by atoms with E-state index in [0.29, 0.717) is 31.8 Å². The van der Waals surface area contributed by atoms with Crippen molar-refractivity contribution >= 4 is 11.7 Å². The summed E-state index contributed by atoms with van der Waals surface area (Å²) in [6, 6.07) is 1.86. The molecule has 3 rings (SSSR count). The first kappa shape index (κ1) is 16.2. The molecule has 1 aromatic rings. The standard InChI is InChI=1S/C17H25N3O3/c1-4-20-14(10-13(18-20)12(2)3)16(22)19-8-7-17(15(21)11-19)6-5-9-23-17/h10,12H,4-9,11H2,1-3H3/t17-/m1/s1. The van der Waals surface area contributed by atoms with Gasteiger partial charge in [0.1, 0.15) is 11.3 Å². The molecular weight excluding hydrogens is 294 g/mol. The van der Waals surface area contributed by atoms with Crippen LogP contribution in [-0.2, 0) is 16.1 Å². The fourth-order valence-electron chi connectivity index (χ4n) is 3.43. The van der Waals surface area contributed by atoms with Gasteiger partial charge in [0.2, 0.25) is 0 Å². The number of aromatic nitrogens is 2. The topological polar surface area (TPSA) is 64.4 Å². The van der Waals surface area contributed by atoms with E-state index in [1.54, 1.807) is 9.58 Å². The molecule has 3 heterocycles. The van der Waals surface area contributed by atoms with Gasteiger partial charge in [0.25, 0.3) is 5.91 Å². The van der Waals surface area contributed by atoms with Crippen molar-refractivity contribution in [2.45, 2.75) is 58.1 Å². The minimum absolute atomic E-state index is 0.0428. The Morgan fingerprint density at radius 3 is 2.78 bits per heavy atom. The SMILES string of the molecule is CCn1nc(C(C)C)cc1C(=O)N1CC[C@]2(CCCO2)C(=O)C1. The summed E-state index contributed by atoms with van der Waals surface area (Å²) in [7, 11) is 0. The third kappa shape index (κ3) is 2.80. The van der Waals surface area contributed by atoms with E-state index < -0.39 is 5.60 Å². The summed E-state index contributed by atoms with van der Waals surface area (Å²) in [6.07, 6.45) is 2.33. The summed E-state index contributed by atoms with van der Waals surface area (Å²) in [5.74, 6) is 0.209. The number of likely N-dealkylation sites (tertiary alicyclic amines) is 1. The highest BCUT2D eigenvalue weighted by atomic mass is 16.5. The van der Waals surface area contributed by atoms with Crippen molar-refractivity contribution in [3.8, 4) is 0 Å². The first-order valence-electron chi connectivity index (χ1n) is 8.51. The first-order chi connectivity index (χ1) is 11.0. The second-order valence-corrected chi connectivity index (χ2v) is 6.77. The van der Waals surface area contributed by atoms with E-state index in [-0.39, 0.29) is 24.2 Å². The zero-order valence-corrected chi connectivity index (χ0v) is 14.2. The number of aryl methyl sites for hydroxylation is 1. The zero-order valence-electron chi connectivity index (χ0n) is 14.2. The number of hydrogen-bond acceptors (Lipinski definition) is 4. The molecule has 0 unspecified atom stereocenters. The number of ether oxygens (including phenoxy) is 1. The second kappa shape index (κ2) is 6.07. The summed E-state index contributed by atoms with van der Waals surface area (Å²) in [5.41, 5.74) is 0.867. The first-order valence-corrected chi connectivity index (χ1v) is 8.51. The van der Waals surface area contributed by atoms with Gasteiger partial charge in [-0.05, 0) is 31.7 Å². The number of nitrogens with zero attached hydrogens (tertiary/aromatic N) is 3. The monoisotopic (exact) mass is 319 g/mol. The van der Waals surface area contributed by atoms with Crippen LogP contribution >= 0.6 is 0 Å². The molecule has 1 amide bonds. The molecule has 1 spiro atoms. The van der Waals surface area contributed by atoms with Gasteiger partial charge >= 0.3 is 0 Å². The number of rotatable bonds is 3. The van der Waals surface area contributed by atoms with E-state index in [9.17, 15) is 9.59 Å². The van der Waals surface area contributed by atoms with Gasteiger partial charge in [-0.2, -0.15) is 5.10 Å². The van der Waals surface area contributed by atoms with Crippen molar-refractivity contribution in [3.05, 3.63) is 17.5 Å². The van der Waals surface area contributed by atoms with Gasteiger partial charge in [0, 0.05) is 26.1 Å². The lowest BCUT2D eigenvalue weighted by atomic mass is 9.87. The Labute approximate surface area is 136 Å². The molecule has 0 aromatic carbocycles. The molecule has 0 bridgehead atoms. The Morgan fingerprint density at radius 2 is 2.22 bits per heavy atom. The van der Waals surface area contributed by atoms with Gasteiger partial charge in [-0.3, -0.25) is 14.3 Å². The fraction of sp³-hybridized carbons (Fsp3) is 0.706. The predicted octanol–water partition coefficient (Wildman–Crippen LogP) is 1.99. The van der Waals surface area contributed by atoms with Crippen LogP contribution in [-0.4, -0.2) is 51.7 Å². The van der Waals surface area contributed by atoms with Crippen LogP contribution in [0.3, 0.4) is 0 Å². The maximum Gasteiger partial charge on any atom is 0.272 e. The smallest absolute Gasteiger partial charge is 0.272 e. The number of hydrogen-bond donors (Lipinski definition) is 0. The van der Waals surface area contributed by atoms with Gasteiger partial charge in [-0.25, -0.2) is 0 Å². The summed E-state index contributed by atoms with van der Waals surface area (Å²) in [5, 5.41) is 4.49. The fourth-order valence-corrected chi connectivity index (χ4v) is 3.43. The van der Waals surface area contributed by atoms with Crippen LogP contribution in [0.2, 0.25) is 0 Å². The molecule has 0 N–H and O–H groups in total. The highest BCUT2D eigenvalue weighted by Crippen LogP contribution is 2.33. The van der Waals surface area contributed by atoms with Gasteiger partial charge in [0.15, 0.2) is 5.78 Å². The van der Waals surface area contributed by atoms with Crippen molar-refractivity contribution in [2.75, 3.05) is 19.7 Å². The molecule has 2 aliphatic rings. The maximum atomic E-state index is 12.8.